The molecule has 0 spiro atoms. The molecule has 1 heterocycles. The summed E-state index contributed by atoms with van der Waals surface area (Å²) in [5, 5.41) is 22.9. The first-order chi connectivity index (χ1) is 13.5. The fourth-order valence-electron chi connectivity index (χ4n) is 3.03. The molecule has 0 unspecified atom stereocenters. The molecule has 0 radical (unpaired) electrons. The van der Waals surface area contributed by atoms with Gasteiger partial charge in [0.15, 0.2) is 0 Å². The van der Waals surface area contributed by atoms with Crippen molar-refractivity contribution in [3.8, 4) is 0 Å². The van der Waals surface area contributed by atoms with Gasteiger partial charge in [-0.1, -0.05) is 0 Å². The number of carbonyl (C=O) groups is 1. The molecule has 28 heavy (non-hydrogen) atoms. The Morgan fingerprint density at radius 2 is 1.93 bits per heavy atom. The summed E-state index contributed by atoms with van der Waals surface area (Å²) in [5.74, 6) is -2.42. The van der Waals surface area contributed by atoms with Crippen LogP contribution in [-0.4, -0.2) is 61.5 Å². The van der Waals surface area contributed by atoms with Crippen LogP contribution >= 0.6 is 0 Å². The summed E-state index contributed by atoms with van der Waals surface area (Å²) in [5.41, 5.74) is -0.117. The number of allylic oxidation sites excluding steroid dienone is 1. The van der Waals surface area contributed by atoms with Gasteiger partial charge < -0.3 is 30.8 Å². The molecule has 1 saturated carbocycles. The number of rotatable bonds is 8. The lowest BCUT2D eigenvalue weighted by Crippen LogP contribution is -2.44. The fourth-order valence-corrected chi connectivity index (χ4v) is 3.03. The molecule has 1 aromatic rings. The fraction of sp³-hybridized carbons (Fsp3) is 0.474. The minimum Gasteiger partial charge on any atom is -0.486 e. The molecule has 1 aliphatic heterocycles. The highest BCUT2D eigenvalue weighted by molar-refractivity contribution is 6.05. The van der Waals surface area contributed by atoms with Crippen LogP contribution in [0.1, 0.15) is 12.8 Å². The van der Waals surface area contributed by atoms with Gasteiger partial charge in [0.1, 0.15) is 17.3 Å². The molecule has 1 saturated heterocycles. The van der Waals surface area contributed by atoms with Crippen molar-refractivity contribution in [3.63, 3.8) is 0 Å². The maximum absolute atomic E-state index is 13.4. The molecular weight excluding hydrogens is 370 g/mol. The smallest absolute Gasteiger partial charge is 0.293 e. The van der Waals surface area contributed by atoms with Crippen molar-refractivity contribution < 1.29 is 23.4 Å². The van der Waals surface area contributed by atoms with Gasteiger partial charge in [-0.05, 0) is 25.0 Å². The number of carbonyl (C=O) groups excluding carboxylic acids is 1. The largest absolute Gasteiger partial charge is 0.486 e. The van der Waals surface area contributed by atoms with Crippen LogP contribution < -0.4 is 10.6 Å². The molecule has 152 valence electrons. The Kier molecular flexibility index (Phi) is 6.25. The number of amides is 1. The number of anilines is 1. The van der Waals surface area contributed by atoms with Crippen LogP contribution in [0.3, 0.4) is 0 Å². The maximum Gasteiger partial charge on any atom is 0.293 e. The van der Waals surface area contributed by atoms with Gasteiger partial charge >= 0.3 is 0 Å². The van der Waals surface area contributed by atoms with E-state index >= 15 is 0 Å². The number of ether oxygens (including phenoxy) is 1. The maximum atomic E-state index is 13.4. The average Bonchev–Trinajstić information content (AvgIpc) is 3.45. The number of nitrogens with zero attached hydrogens (tertiary/aromatic N) is 1. The monoisotopic (exact) mass is 394 g/mol. The van der Waals surface area contributed by atoms with Gasteiger partial charge in [0.25, 0.3) is 5.91 Å². The lowest BCUT2D eigenvalue weighted by molar-refractivity contribution is -0.116. The van der Waals surface area contributed by atoms with Gasteiger partial charge in [-0.25, -0.2) is 8.78 Å². The van der Waals surface area contributed by atoms with Gasteiger partial charge in [-0.15, -0.1) is 0 Å². The molecule has 2 fully saturated rings. The molecule has 1 aliphatic carbocycles. The number of aliphatic hydroxyl groups excluding tert-OH is 1. The first-order valence-corrected chi connectivity index (χ1v) is 9.18. The van der Waals surface area contributed by atoms with E-state index in [1.165, 1.54) is 0 Å². The number of nitrogens with one attached hydrogen (secondary N) is 3. The van der Waals surface area contributed by atoms with Crippen LogP contribution in [0.25, 0.3) is 0 Å². The molecule has 2 aliphatic rings. The van der Waals surface area contributed by atoms with Crippen LogP contribution in [0.15, 0.2) is 29.7 Å². The van der Waals surface area contributed by atoms with Crippen molar-refractivity contribution in [1.82, 2.24) is 10.2 Å². The van der Waals surface area contributed by atoms with Crippen molar-refractivity contribution in [1.29, 1.82) is 5.41 Å². The highest BCUT2D eigenvalue weighted by atomic mass is 19.1. The molecule has 4 N–H and O–H groups in total. The van der Waals surface area contributed by atoms with E-state index in [4.69, 9.17) is 10.1 Å². The van der Waals surface area contributed by atoms with Crippen LogP contribution in [0.5, 0.6) is 0 Å². The number of aliphatic hydroxyl groups is 1. The third-order valence-corrected chi connectivity index (χ3v) is 4.97. The number of hydrogen-bond acceptors (Lipinski definition) is 6. The third kappa shape index (κ3) is 4.85. The molecule has 7 nitrogen and oxygen atoms in total. The number of halogens is 2. The van der Waals surface area contributed by atoms with Gasteiger partial charge in [0, 0.05) is 49.6 Å². The average molecular weight is 394 g/mol. The third-order valence-electron chi connectivity index (χ3n) is 4.97. The summed E-state index contributed by atoms with van der Waals surface area (Å²) in [7, 11) is 0. The number of benzene rings is 1. The molecule has 1 amide bonds. The Morgan fingerprint density at radius 3 is 2.46 bits per heavy atom. The van der Waals surface area contributed by atoms with Crippen LogP contribution in [0.4, 0.5) is 14.5 Å². The Bertz CT molecular complexity index is 754. The normalized spacial score (nSPS) is 18.9. The van der Waals surface area contributed by atoms with Gasteiger partial charge in [-0.2, -0.15) is 0 Å². The number of piperazine rings is 1. The van der Waals surface area contributed by atoms with E-state index < -0.39 is 17.5 Å². The van der Waals surface area contributed by atoms with Crippen molar-refractivity contribution in [3.05, 3.63) is 41.3 Å². The van der Waals surface area contributed by atoms with Gasteiger partial charge in [-0.3, -0.25) is 4.79 Å². The Hall–Kier alpha value is -2.52. The minimum atomic E-state index is -0.812. The predicted octanol–water partition coefficient (Wildman–Crippen LogP) is 1.46. The van der Waals surface area contributed by atoms with E-state index in [0.29, 0.717) is 37.9 Å². The summed E-state index contributed by atoms with van der Waals surface area (Å²) in [6, 6.07) is 2.72. The van der Waals surface area contributed by atoms with E-state index in [1.807, 2.05) is 4.90 Å². The van der Waals surface area contributed by atoms with E-state index in [0.717, 1.165) is 31.2 Å². The zero-order valence-electron chi connectivity index (χ0n) is 15.4. The summed E-state index contributed by atoms with van der Waals surface area (Å²) in [6.45, 7) is 2.65. The van der Waals surface area contributed by atoms with Crippen LogP contribution in [0.2, 0.25) is 0 Å². The molecule has 0 aromatic heterocycles. The molecule has 0 bridgehead atoms. The molecular formula is C19H24F2N4O3. The van der Waals surface area contributed by atoms with Crippen molar-refractivity contribution >= 4 is 17.8 Å². The SMILES string of the molecule is N=C/C(=C(/OCC1(CO)CC1)C(=O)Nc1cc(F)cc(F)c1)N1CCNCC1. The van der Waals surface area contributed by atoms with Crippen molar-refractivity contribution in [2.75, 3.05) is 44.7 Å². The molecule has 3 rings (SSSR count). The second-order valence-electron chi connectivity index (χ2n) is 7.15. The first-order valence-electron chi connectivity index (χ1n) is 9.18. The molecule has 0 atom stereocenters. The quantitative estimate of drug-likeness (QED) is 0.304. The lowest BCUT2D eigenvalue weighted by atomic mass is 10.1. The Labute approximate surface area is 161 Å². The molecule has 9 heteroatoms. The number of hydrogen-bond donors (Lipinski definition) is 4. The van der Waals surface area contributed by atoms with Crippen molar-refractivity contribution in [2.24, 2.45) is 5.41 Å². The van der Waals surface area contributed by atoms with Crippen LogP contribution in [-0.2, 0) is 9.53 Å². The zero-order chi connectivity index (χ0) is 20.1. The summed E-state index contributed by atoms with van der Waals surface area (Å²) in [4.78, 5) is 14.7. The summed E-state index contributed by atoms with van der Waals surface area (Å²) >= 11 is 0. The van der Waals surface area contributed by atoms with Crippen molar-refractivity contribution in [2.45, 2.75) is 12.8 Å². The van der Waals surface area contributed by atoms with Gasteiger partial charge in [0.2, 0.25) is 5.76 Å². The standard InChI is InChI=1S/C19H24F2N4O3/c20-13-7-14(21)9-15(8-13)24-18(27)17(28-12-19(11-26)1-2-19)16(10-22)25-5-3-23-4-6-25/h7-10,22-23,26H,1-6,11-12H2,(H,24,27)/b17-16-,22-10?. The summed E-state index contributed by atoms with van der Waals surface area (Å²) < 4.78 is 32.6. The van der Waals surface area contributed by atoms with E-state index in [9.17, 15) is 18.7 Å². The summed E-state index contributed by atoms with van der Waals surface area (Å²) in [6.07, 6.45) is 2.63. The van der Waals surface area contributed by atoms with E-state index in [-0.39, 0.29) is 30.1 Å². The second-order valence-corrected chi connectivity index (χ2v) is 7.15. The lowest BCUT2D eigenvalue weighted by Gasteiger charge is -2.31. The second kappa shape index (κ2) is 8.66. The highest BCUT2D eigenvalue weighted by Crippen LogP contribution is 2.45. The van der Waals surface area contributed by atoms with E-state index in [1.54, 1.807) is 0 Å². The first kappa shape index (κ1) is 20.2. The molecule has 1 aromatic carbocycles. The minimum absolute atomic E-state index is 0.0449. The van der Waals surface area contributed by atoms with Crippen LogP contribution in [0, 0.1) is 22.5 Å². The topological polar surface area (TPSA) is 97.7 Å². The zero-order valence-corrected chi connectivity index (χ0v) is 15.4. The Morgan fingerprint density at radius 1 is 1.29 bits per heavy atom. The Balaban J connectivity index is 1.86. The predicted molar refractivity (Wildman–Crippen MR) is 99.9 cm³/mol. The van der Waals surface area contributed by atoms with E-state index in [2.05, 4.69) is 10.6 Å². The van der Waals surface area contributed by atoms with Gasteiger partial charge in [0.05, 0.1) is 13.2 Å². The highest BCUT2D eigenvalue weighted by Gasteiger charge is 2.43.